The van der Waals surface area contributed by atoms with E-state index in [9.17, 15) is 0 Å². The van der Waals surface area contributed by atoms with Crippen molar-refractivity contribution in [3.63, 3.8) is 0 Å². The molecule has 61 heavy (non-hydrogen) atoms. The van der Waals surface area contributed by atoms with Crippen molar-refractivity contribution in [2.24, 2.45) is 0 Å². The first-order chi connectivity index (χ1) is 30.2. The second-order valence-corrected chi connectivity index (χ2v) is 15.0. The van der Waals surface area contributed by atoms with Gasteiger partial charge in [0.25, 0.3) is 0 Å². The highest BCUT2D eigenvalue weighted by Gasteiger charge is 2.21. The van der Waals surface area contributed by atoms with Gasteiger partial charge >= 0.3 is 0 Å². The lowest BCUT2D eigenvalue weighted by Gasteiger charge is -2.12. The fourth-order valence-corrected chi connectivity index (χ4v) is 8.59. The summed E-state index contributed by atoms with van der Waals surface area (Å²) >= 11 is 0. The van der Waals surface area contributed by atoms with Crippen molar-refractivity contribution in [1.29, 1.82) is 0 Å². The topological polar surface area (TPSA) is 87.5 Å². The van der Waals surface area contributed by atoms with Crippen molar-refractivity contribution in [2.45, 2.75) is 0 Å². The molecule has 0 aliphatic carbocycles. The Hall–Kier alpha value is -8.49. The Kier molecular flexibility index (Phi) is 7.99. The average Bonchev–Trinajstić information content (AvgIpc) is 4.06. The summed E-state index contributed by atoms with van der Waals surface area (Å²) in [4.78, 5) is 14.9. The van der Waals surface area contributed by atoms with Crippen LogP contribution < -0.4 is 0 Å². The number of hydrogen-bond acceptors (Lipinski definition) is 6. The van der Waals surface area contributed by atoms with Gasteiger partial charge in [-0.25, -0.2) is 15.0 Å². The summed E-state index contributed by atoms with van der Waals surface area (Å²) in [6, 6.07) is 68.5. The quantitative estimate of drug-likeness (QED) is 0.160. The largest absolute Gasteiger partial charge is 0.416 e. The first-order valence-electron chi connectivity index (χ1n) is 20.2. The Morgan fingerprint density at radius 2 is 0.836 bits per heavy atom. The second-order valence-electron chi connectivity index (χ2n) is 15.0. The summed E-state index contributed by atoms with van der Waals surface area (Å²) in [5, 5.41) is 13.9. The zero-order chi connectivity index (χ0) is 40.3. The molecule has 8 nitrogen and oxygen atoms in total. The third kappa shape index (κ3) is 5.80. The van der Waals surface area contributed by atoms with Crippen LogP contribution in [-0.4, -0.2) is 34.3 Å². The monoisotopic (exact) mass is 783 g/mol. The van der Waals surface area contributed by atoms with Crippen LogP contribution >= 0.6 is 0 Å². The van der Waals surface area contributed by atoms with Crippen molar-refractivity contribution in [1.82, 2.24) is 34.3 Å². The maximum Gasteiger partial charge on any atom is 0.250 e. The van der Waals surface area contributed by atoms with Crippen LogP contribution in [0.2, 0.25) is 0 Å². The van der Waals surface area contributed by atoms with Gasteiger partial charge in [-0.2, -0.15) is 0 Å². The summed E-state index contributed by atoms with van der Waals surface area (Å²) in [5.74, 6) is 2.72. The summed E-state index contributed by atoms with van der Waals surface area (Å²) in [6.07, 6.45) is 0. The molecule has 0 unspecified atom stereocenters. The fourth-order valence-electron chi connectivity index (χ4n) is 8.59. The minimum absolute atomic E-state index is 0.439. The van der Waals surface area contributed by atoms with Crippen LogP contribution in [0.5, 0.6) is 0 Å². The van der Waals surface area contributed by atoms with Crippen LogP contribution in [0.15, 0.2) is 205 Å². The number of nitrogens with zero attached hydrogens (tertiary/aromatic N) is 7. The van der Waals surface area contributed by atoms with Gasteiger partial charge in [0.05, 0.1) is 27.6 Å². The van der Waals surface area contributed by atoms with Gasteiger partial charge in [0, 0.05) is 55.2 Å². The molecule has 0 atom stereocenters. The Bertz CT molecular complexity index is 3530. The van der Waals surface area contributed by atoms with Crippen molar-refractivity contribution < 1.29 is 4.42 Å². The van der Waals surface area contributed by atoms with Crippen molar-refractivity contribution >= 4 is 43.6 Å². The number of aromatic nitrogens is 7. The number of para-hydroxylation sites is 4. The van der Waals surface area contributed by atoms with E-state index in [4.69, 9.17) is 19.4 Å². The predicted molar refractivity (Wildman–Crippen MR) is 244 cm³/mol. The molecule has 4 heterocycles. The maximum absolute atomic E-state index is 6.62. The standard InChI is InChI=1S/C53H33N7O/c1-4-16-34(17-5-1)49-54-50(35-18-6-2-7-19-35)56-51(55-49)36-20-14-23-39(32-36)59-45-28-12-10-24-40(45)42-31-30-37(33-47(42)59)52-57-58-53(61-52)44-27-15-26-43-41-25-11-13-29-46(41)60(48(43)44)38-21-8-3-9-22-38/h1-33H. The predicted octanol–water partition coefficient (Wildman–Crippen LogP) is 12.8. The summed E-state index contributed by atoms with van der Waals surface area (Å²) in [7, 11) is 0. The summed E-state index contributed by atoms with van der Waals surface area (Å²) in [5.41, 5.74) is 10.7. The molecule has 12 rings (SSSR count). The van der Waals surface area contributed by atoms with Gasteiger partial charge in [-0.3, -0.25) is 0 Å². The lowest BCUT2D eigenvalue weighted by molar-refractivity contribution is 0.585. The number of hydrogen-bond donors (Lipinski definition) is 0. The molecule has 286 valence electrons. The molecule has 0 amide bonds. The molecule has 0 bridgehead atoms. The molecule has 0 spiro atoms. The lowest BCUT2D eigenvalue weighted by Crippen LogP contribution is -2.01. The fraction of sp³-hybridized carbons (Fsp3) is 0. The Morgan fingerprint density at radius 1 is 0.328 bits per heavy atom. The van der Waals surface area contributed by atoms with Crippen LogP contribution in [0.3, 0.4) is 0 Å². The highest BCUT2D eigenvalue weighted by Crippen LogP contribution is 2.40. The van der Waals surface area contributed by atoms with Crippen LogP contribution in [0, 0.1) is 0 Å². The zero-order valence-electron chi connectivity index (χ0n) is 32.6. The third-order valence-electron chi connectivity index (χ3n) is 11.3. The minimum atomic E-state index is 0.439. The highest BCUT2D eigenvalue weighted by atomic mass is 16.4. The zero-order valence-corrected chi connectivity index (χ0v) is 32.6. The van der Waals surface area contributed by atoms with Crippen LogP contribution in [0.1, 0.15) is 0 Å². The Balaban J connectivity index is 0.992. The molecule has 0 saturated heterocycles. The molecule has 0 aliphatic rings. The van der Waals surface area contributed by atoms with E-state index in [-0.39, 0.29) is 0 Å². The average molecular weight is 784 g/mol. The molecular formula is C53H33N7O. The molecule has 8 aromatic carbocycles. The van der Waals surface area contributed by atoms with E-state index < -0.39 is 0 Å². The highest BCUT2D eigenvalue weighted by molar-refractivity contribution is 6.13. The molecule has 8 heteroatoms. The summed E-state index contributed by atoms with van der Waals surface area (Å²) < 4.78 is 11.2. The van der Waals surface area contributed by atoms with Crippen molar-refractivity contribution in [3.8, 4) is 68.4 Å². The Labute approximate surface area is 349 Å². The molecule has 0 fully saturated rings. The van der Waals surface area contributed by atoms with Gasteiger partial charge in [-0.1, -0.05) is 146 Å². The molecule has 12 aromatic rings. The van der Waals surface area contributed by atoms with E-state index in [0.717, 1.165) is 82.8 Å². The normalized spacial score (nSPS) is 11.6. The van der Waals surface area contributed by atoms with Gasteiger partial charge in [0.1, 0.15) is 0 Å². The van der Waals surface area contributed by atoms with Crippen LogP contribution in [0.4, 0.5) is 0 Å². The molecule has 0 radical (unpaired) electrons. The van der Waals surface area contributed by atoms with Gasteiger partial charge in [0.2, 0.25) is 11.8 Å². The van der Waals surface area contributed by atoms with E-state index in [0.29, 0.717) is 29.3 Å². The van der Waals surface area contributed by atoms with Gasteiger partial charge in [0.15, 0.2) is 17.5 Å². The molecule has 4 aromatic heterocycles. The molecule has 0 N–H and O–H groups in total. The number of rotatable bonds is 7. The third-order valence-corrected chi connectivity index (χ3v) is 11.3. The van der Waals surface area contributed by atoms with Crippen LogP contribution in [0.25, 0.3) is 112 Å². The molecule has 0 aliphatic heterocycles. The van der Waals surface area contributed by atoms with E-state index in [1.807, 2.05) is 66.7 Å². The lowest BCUT2D eigenvalue weighted by atomic mass is 10.1. The van der Waals surface area contributed by atoms with E-state index in [1.54, 1.807) is 0 Å². The van der Waals surface area contributed by atoms with E-state index >= 15 is 0 Å². The second kappa shape index (κ2) is 14.1. The molecular weight excluding hydrogens is 751 g/mol. The first-order valence-corrected chi connectivity index (χ1v) is 20.2. The Morgan fingerprint density at radius 3 is 1.54 bits per heavy atom. The van der Waals surface area contributed by atoms with Crippen LogP contribution in [-0.2, 0) is 0 Å². The van der Waals surface area contributed by atoms with Crippen molar-refractivity contribution in [3.05, 3.63) is 200 Å². The molecule has 0 saturated carbocycles. The number of benzene rings is 8. The minimum Gasteiger partial charge on any atom is -0.416 e. The number of fused-ring (bicyclic) bond motifs is 6. The van der Waals surface area contributed by atoms with Crippen molar-refractivity contribution in [2.75, 3.05) is 0 Å². The summed E-state index contributed by atoms with van der Waals surface area (Å²) in [6.45, 7) is 0. The van der Waals surface area contributed by atoms with Gasteiger partial charge in [-0.05, 0) is 54.6 Å². The van der Waals surface area contributed by atoms with E-state index in [2.05, 4.69) is 153 Å². The van der Waals surface area contributed by atoms with Gasteiger partial charge in [-0.15, -0.1) is 10.2 Å². The first kappa shape index (κ1) is 34.5. The maximum atomic E-state index is 6.62. The van der Waals surface area contributed by atoms with E-state index in [1.165, 1.54) is 0 Å². The van der Waals surface area contributed by atoms with Gasteiger partial charge < -0.3 is 13.6 Å². The smallest absolute Gasteiger partial charge is 0.250 e. The SMILES string of the molecule is c1ccc(-c2nc(-c3ccccc3)nc(-c3cccc(-n4c5ccccc5c5ccc(-c6nnc(-c7cccc8c9ccccc9n(-c9ccccc9)c78)o6)cc54)c3)n2)cc1.